The van der Waals surface area contributed by atoms with Gasteiger partial charge in [0.15, 0.2) is 5.76 Å². The van der Waals surface area contributed by atoms with Crippen molar-refractivity contribution in [3.8, 4) is 22.8 Å². The van der Waals surface area contributed by atoms with E-state index in [2.05, 4.69) is 5.16 Å². The molecule has 2 N–H and O–H groups in total. The zero-order valence-corrected chi connectivity index (χ0v) is 10.8. The largest absolute Gasteiger partial charge is 0.457 e. The van der Waals surface area contributed by atoms with E-state index in [1.54, 1.807) is 6.20 Å². The third-order valence-corrected chi connectivity index (χ3v) is 2.96. The highest BCUT2D eigenvalue weighted by Gasteiger charge is 2.09. The van der Waals surface area contributed by atoms with Gasteiger partial charge in [-0.25, -0.2) is 0 Å². The van der Waals surface area contributed by atoms with Crippen LogP contribution in [0.3, 0.4) is 0 Å². The Hall–Kier alpha value is -2.59. The molecule has 4 nitrogen and oxygen atoms in total. The zero-order chi connectivity index (χ0) is 13.8. The Labute approximate surface area is 116 Å². The molecule has 0 aliphatic carbocycles. The number of nitrogens with zero attached hydrogens (tertiary/aromatic N) is 1. The number of aromatic nitrogens is 1. The van der Waals surface area contributed by atoms with Gasteiger partial charge in [-0.05, 0) is 36.4 Å². The van der Waals surface area contributed by atoms with Crippen LogP contribution < -0.4 is 10.5 Å². The Morgan fingerprint density at radius 2 is 1.65 bits per heavy atom. The van der Waals surface area contributed by atoms with Crippen molar-refractivity contribution in [1.82, 2.24) is 5.16 Å². The second kappa shape index (κ2) is 5.59. The zero-order valence-electron chi connectivity index (χ0n) is 10.8. The Morgan fingerprint density at radius 3 is 2.35 bits per heavy atom. The maximum Gasteiger partial charge on any atom is 0.171 e. The van der Waals surface area contributed by atoms with Gasteiger partial charge in [-0.2, -0.15) is 0 Å². The summed E-state index contributed by atoms with van der Waals surface area (Å²) >= 11 is 0. The predicted octanol–water partition coefficient (Wildman–Crippen LogP) is 3.59. The van der Waals surface area contributed by atoms with E-state index in [9.17, 15) is 0 Å². The average molecular weight is 266 g/mol. The monoisotopic (exact) mass is 266 g/mol. The van der Waals surface area contributed by atoms with E-state index >= 15 is 0 Å². The van der Waals surface area contributed by atoms with E-state index < -0.39 is 0 Å². The quantitative estimate of drug-likeness (QED) is 0.783. The van der Waals surface area contributed by atoms with Gasteiger partial charge in [0.05, 0.1) is 6.20 Å². The summed E-state index contributed by atoms with van der Waals surface area (Å²) in [6.07, 6.45) is 1.64. The lowest BCUT2D eigenvalue weighted by Crippen LogP contribution is -1.95. The summed E-state index contributed by atoms with van der Waals surface area (Å²) in [7, 11) is 0. The molecule has 0 aliphatic heterocycles. The van der Waals surface area contributed by atoms with Gasteiger partial charge < -0.3 is 15.0 Å². The molecular weight excluding hydrogens is 252 g/mol. The van der Waals surface area contributed by atoms with E-state index in [1.165, 1.54) is 0 Å². The van der Waals surface area contributed by atoms with Crippen LogP contribution in [0.15, 0.2) is 65.3 Å². The van der Waals surface area contributed by atoms with Crippen molar-refractivity contribution >= 4 is 0 Å². The third-order valence-electron chi connectivity index (χ3n) is 2.96. The molecule has 0 spiro atoms. The Morgan fingerprint density at radius 1 is 0.950 bits per heavy atom. The molecule has 3 rings (SSSR count). The standard InChI is InChI=1S/C16H14N2O2/c17-10-13-11-18-20-16(13)12-6-8-15(9-7-12)19-14-4-2-1-3-5-14/h1-9,11H,10,17H2. The summed E-state index contributed by atoms with van der Waals surface area (Å²) in [5, 5.41) is 3.77. The first kappa shape index (κ1) is 12.4. The van der Waals surface area contributed by atoms with Gasteiger partial charge in [0.25, 0.3) is 0 Å². The van der Waals surface area contributed by atoms with Gasteiger partial charge >= 0.3 is 0 Å². The van der Waals surface area contributed by atoms with Gasteiger partial charge in [0.1, 0.15) is 11.5 Å². The number of ether oxygens (including phenoxy) is 1. The van der Waals surface area contributed by atoms with Crippen molar-refractivity contribution in [1.29, 1.82) is 0 Å². The molecule has 0 aliphatic rings. The summed E-state index contributed by atoms with van der Waals surface area (Å²) in [5.74, 6) is 2.29. The Balaban J connectivity index is 1.81. The number of hydrogen-bond acceptors (Lipinski definition) is 4. The molecular formula is C16H14N2O2. The molecule has 1 aromatic heterocycles. The van der Waals surface area contributed by atoms with Crippen LogP contribution in [-0.4, -0.2) is 5.16 Å². The molecule has 100 valence electrons. The minimum Gasteiger partial charge on any atom is -0.457 e. The van der Waals surface area contributed by atoms with E-state index in [4.69, 9.17) is 15.0 Å². The van der Waals surface area contributed by atoms with Crippen molar-refractivity contribution in [2.24, 2.45) is 5.73 Å². The fraction of sp³-hybridized carbons (Fsp3) is 0.0625. The van der Waals surface area contributed by atoms with Gasteiger partial charge in [-0.3, -0.25) is 0 Å². The minimum atomic E-state index is 0.404. The summed E-state index contributed by atoms with van der Waals surface area (Å²) in [4.78, 5) is 0. The summed E-state index contributed by atoms with van der Waals surface area (Å²) in [5.41, 5.74) is 7.46. The predicted molar refractivity (Wildman–Crippen MR) is 76.3 cm³/mol. The molecule has 0 saturated carbocycles. The van der Waals surface area contributed by atoms with Crippen molar-refractivity contribution in [3.05, 3.63) is 66.4 Å². The maximum absolute atomic E-state index is 5.74. The van der Waals surface area contributed by atoms with E-state index in [-0.39, 0.29) is 0 Å². The van der Waals surface area contributed by atoms with Crippen LogP contribution in [0.2, 0.25) is 0 Å². The normalized spacial score (nSPS) is 10.4. The SMILES string of the molecule is NCc1cnoc1-c1ccc(Oc2ccccc2)cc1. The molecule has 4 heteroatoms. The van der Waals surface area contributed by atoms with Crippen LogP contribution in [-0.2, 0) is 6.54 Å². The van der Waals surface area contributed by atoms with Crippen LogP contribution in [0, 0.1) is 0 Å². The second-order valence-electron chi connectivity index (χ2n) is 4.32. The fourth-order valence-corrected chi connectivity index (χ4v) is 1.94. The van der Waals surface area contributed by atoms with Crippen molar-refractivity contribution in [2.75, 3.05) is 0 Å². The lowest BCUT2D eigenvalue weighted by Gasteiger charge is -2.06. The smallest absolute Gasteiger partial charge is 0.171 e. The van der Waals surface area contributed by atoms with Crippen LogP contribution in [0.4, 0.5) is 0 Å². The van der Waals surface area contributed by atoms with Crippen molar-refractivity contribution in [3.63, 3.8) is 0 Å². The maximum atomic E-state index is 5.74. The molecule has 0 saturated heterocycles. The first-order valence-electron chi connectivity index (χ1n) is 6.34. The molecule has 2 aromatic carbocycles. The van der Waals surface area contributed by atoms with Crippen LogP contribution >= 0.6 is 0 Å². The molecule has 1 heterocycles. The van der Waals surface area contributed by atoms with E-state index in [0.717, 1.165) is 22.6 Å². The highest BCUT2D eigenvalue weighted by molar-refractivity contribution is 5.61. The highest BCUT2D eigenvalue weighted by Crippen LogP contribution is 2.27. The molecule has 0 atom stereocenters. The van der Waals surface area contributed by atoms with Gasteiger partial charge in [-0.1, -0.05) is 23.4 Å². The number of benzene rings is 2. The molecule has 0 unspecified atom stereocenters. The molecule has 0 bridgehead atoms. The number of rotatable bonds is 4. The second-order valence-corrected chi connectivity index (χ2v) is 4.32. The molecule has 0 fully saturated rings. The summed E-state index contributed by atoms with van der Waals surface area (Å²) < 4.78 is 11.0. The van der Waals surface area contributed by atoms with Crippen LogP contribution in [0.25, 0.3) is 11.3 Å². The number of para-hydroxylation sites is 1. The average Bonchev–Trinajstić information content (AvgIpc) is 2.98. The highest BCUT2D eigenvalue weighted by atomic mass is 16.5. The van der Waals surface area contributed by atoms with E-state index in [1.807, 2.05) is 54.6 Å². The fourth-order valence-electron chi connectivity index (χ4n) is 1.94. The lowest BCUT2D eigenvalue weighted by molar-refractivity contribution is 0.431. The molecule has 0 amide bonds. The van der Waals surface area contributed by atoms with Crippen molar-refractivity contribution < 1.29 is 9.26 Å². The number of hydrogen-bond donors (Lipinski definition) is 1. The lowest BCUT2D eigenvalue weighted by atomic mass is 10.1. The first-order chi connectivity index (χ1) is 9.86. The Kier molecular flexibility index (Phi) is 3.48. The summed E-state index contributed by atoms with van der Waals surface area (Å²) in [6.45, 7) is 0.404. The van der Waals surface area contributed by atoms with Gasteiger partial charge in [-0.15, -0.1) is 0 Å². The minimum absolute atomic E-state index is 0.404. The van der Waals surface area contributed by atoms with Crippen molar-refractivity contribution in [2.45, 2.75) is 6.54 Å². The topological polar surface area (TPSA) is 61.3 Å². The Bertz CT molecular complexity index is 675. The third kappa shape index (κ3) is 2.55. The van der Waals surface area contributed by atoms with Gasteiger partial charge in [0, 0.05) is 17.7 Å². The molecule has 3 aromatic rings. The van der Waals surface area contributed by atoms with Crippen LogP contribution in [0.5, 0.6) is 11.5 Å². The van der Waals surface area contributed by atoms with Gasteiger partial charge in [0.2, 0.25) is 0 Å². The molecule has 20 heavy (non-hydrogen) atoms. The summed E-state index contributed by atoms with van der Waals surface area (Å²) in [6, 6.07) is 17.3. The van der Waals surface area contributed by atoms with Crippen LogP contribution in [0.1, 0.15) is 5.56 Å². The van der Waals surface area contributed by atoms with E-state index in [0.29, 0.717) is 12.3 Å². The molecule has 0 radical (unpaired) electrons. The first-order valence-corrected chi connectivity index (χ1v) is 6.34. The number of nitrogens with two attached hydrogens (primary N) is 1.